The van der Waals surface area contributed by atoms with E-state index < -0.39 is 6.10 Å². The van der Waals surface area contributed by atoms with Gasteiger partial charge in [-0.1, -0.05) is 29.8 Å². The lowest BCUT2D eigenvalue weighted by Gasteiger charge is -2.12. The molecule has 0 fully saturated rings. The van der Waals surface area contributed by atoms with Crippen molar-refractivity contribution in [3.63, 3.8) is 0 Å². The zero-order chi connectivity index (χ0) is 11.3. The molecule has 1 aromatic carbocycles. The monoisotopic (exact) mass is 208 g/mol. The van der Waals surface area contributed by atoms with Crippen molar-refractivity contribution in [1.29, 1.82) is 0 Å². The number of methoxy groups -OCH3 is 2. The summed E-state index contributed by atoms with van der Waals surface area (Å²) in [6.45, 7) is 2.03. The molecule has 0 saturated heterocycles. The Morgan fingerprint density at radius 3 is 2.33 bits per heavy atom. The highest BCUT2D eigenvalue weighted by Gasteiger charge is 2.18. The molecule has 82 valence electrons. The predicted molar refractivity (Wildman–Crippen MR) is 57.7 cm³/mol. The lowest BCUT2D eigenvalue weighted by atomic mass is 10.1. The van der Waals surface area contributed by atoms with Gasteiger partial charge in [-0.3, -0.25) is 0 Å². The molecule has 3 nitrogen and oxygen atoms in total. The minimum Gasteiger partial charge on any atom is -0.467 e. The summed E-state index contributed by atoms with van der Waals surface area (Å²) in [5, 5.41) is 0. The van der Waals surface area contributed by atoms with Crippen LogP contribution in [0.15, 0.2) is 24.3 Å². The van der Waals surface area contributed by atoms with Crippen molar-refractivity contribution in [2.45, 2.75) is 19.4 Å². The fourth-order valence-electron chi connectivity index (χ4n) is 1.33. The summed E-state index contributed by atoms with van der Waals surface area (Å²) < 4.78 is 9.70. The van der Waals surface area contributed by atoms with Gasteiger partial charge in [-0.25, -0.2) is 4.79 Å². The van der Waals surface area contributed by atoms with E-state index in [4.69, 9.17) is 4.74 Å². The number of esters is 1. The quantitative estimate of drug-likeness (QED) is 0.707. The molecule has 1 aromatic rings. The fourth-order valence-corrected chi connectivity index (χ4v) is 1.33. The van der Waals surface area contributed by atoms with Gasteiger partial charge in [0.15, 0.2) is 6.10 Å². The Labute approximate surface area is 90.0 Å². The predicted octanol–water partition coefficient (Wildman–Crippen LogP) is 1.73. The zero-order valence-corrected chi connectivity index (χ0v) is 9.32. The fraction of sp³-hybridized carbons (Fsp3) is 0.417. The molecular formula is C12H16O3. The van der Waals surface area contributed by atoms with Gasteiger partial charge in [0.25, 0.3) is 0 Å². The average Bonchev–Trinajstić information content (AvgIpc) is 2.27. The lowest BCUT2D eigenvalue weighted by molar-refractivity contribution is -0.152. The highest BCUT2D eigenvalue weighted by atomic mass is 16.6. The van der Waals surface area contributed by atoms with Crippen LogP contribution in [0.3, 0.4) is 0 Å². The Hall–Kier alpha value is -1.35. The second-order valence-electron chi connectivity index (χ2n) is 3.44. The molecule has 0 spiro atoms. The topological polar surface area (TPSA) is 35.5 Å². The molecule has 0 aliphatic carbocycles. The number of rotatable bonds is 4. The van der Waals surface area contributed by atoms with Crippen LogP contribution in [0.1, 0.15) is 11.1 Å². The van der Waals surface area contributed by atoms with Crippen LogP contribution in [-0.2, 0) is 20.7 Å². The molecule has 0 aliphatic rings. The van der Waals surface area contributed by atoms with Crippen molar-refractivity contribution >= 4 is 5.97 Å². The lowest BCUT2D eigenvalue weighted by Crippen LogP contribution is -2.26. The first-order chi connectivity index (χ1) is 7.17. The van der Waals surface area contributed by atoms with Gasteiger partial charge >= 0.3 is 5.97 Å². The largest absolute Gasteiger partial charge is 0.467 e. The van der Waals surface area contributed by atoms with Crippen LogP contribution < -0.4 is 0 Å². The van der Waals surface area contributed by atoms with E-state index in [0.29, 0.717) is 6.42 Å². The number of benzene rings is 1. The van der Waals surface area contributed by atoms with Crippen molar-refractivity contribution in [2.24, 2.45) is 0 Å². The van der Waals surface area contributed by atoms with E-state index in [-0.39, 0.29) is 5.97 Å². The summed E-state index contributed by atoms with van der Waals surface area (Å²) in [5.41, 5.74) is 2.27. The maximum Gasteiger partial charge on any atom is 0.335 e. The molecule has 0 aliphatic heterocycles. The van der Waals surface area contributed by atoms with Gasteiger partial charge in [0, 0.05) is 13.5 Å². The summed E-state index contributed by atoms with van der Waals surface area (Å²) in [4.78, 5) is 11.3. The molecule has 1 atom stereocenters. The summed E-state index contributed by atoms with van der Waals surface area (Å²) in [6, 6.07) is 8.01. The van der Waals surface area contributed by atoms with Crippen LogP contribution in [0.5, 0.6) is 0 Å². The van der Waals surface area contributed by atoms with Crippen molar-refractivity contribution in [1.82, 2.24) is 0 Å². The van der Waals surface area contributed by atoms with Crippen molar-refractivity contribution in [2.75, 3.05) is 14.2 Å². The summed E-state index contributed by atoms with van der Waals surface area (Å²) >= 11 is 0. The van der Waals surface area contributed by atoms with E-state index in [1.807, 2.05) is 31.2 Å². The van der Waals surface area contributed by atoms with Crippen LogP contribution in [0.2, 0.25) is 0 Å². The van der Waals surface area contributed by atoms with Gasteiger partial charge in [0.05, 0.1) is 7.11 Å². The number of carbonyl (C=O) groups is 1. The Bertz CT molecular complexity index is 316. The van der Waals surface area contributed by atoms with Gasteiger partial charge in [-0.05, 0) is 12.5 Å². The van der Waals surface area contributed by atoms with Gasteiger partial charge < -0.3 is 9.47 Å². The molecule has 0 aromatic heterocycles. The Kier molecular flexibility index (Phi) is 4.31. The molecule has 0 radical (unpaired) electrons. The van der Waals surface area contributed by atoms with Crippen molar-refractivity contribution in [3.8, 4) is 0 Å². The number of hydrogen-bond acceptors (Lipinski definition) is 3. The van der Waals surface area contributed by atoms with Crippen molar-refractivity contribution < 1.29 is 14.3 Å². The van der Waals surface area contributed by atoms with E-state index in [2.05, 4.69) is 4.74 Å². The maximum atomic E-state index is 11.3. The van der Waals surface area contributed by atoms with E-state index in [1.54, 1.807) is 0 Å². The highest BCUT2D eigenvalue weighted by Crippen LogP contribution is 2.08. The first-order valence-corrected chi connectivity index (χ1v) is 4.83. The molecule has 1 unspecified atom stereocenters. The first kappa shape index (κ1) is 11.7. The van der Waals surface area contributed by atoms with Crippen molar-refractivity contribution in [3.05, 3.63) is 35.4 Å². The number of hydrogen-bond donors (Lipinski definition) is 0. The second kappa shape index (κ2) is 5.51. The molecule has 0 saturated carbocycles. The van der Waals surface area contributed by atoms with Gasteiger partial charge in [-0.2, -0.15) is 0 Å². The van der Waals surface area contributed by atoms with Gasteiger partial charge in [0.1, 0.15) is 0 Å². The molecule has 3 heteroatoms. The Morgan fingerprint density at radius 2 is 1.87 bits per heavy atom. The van der Waals surface area contributed by atoms with E-state index >= 15 is 0 Å². The van der Waals surface area contributed by atoms with Crippen LogP contribution in [-0.4, -0.2) is 26.3 Å². The van der Waals surface area contributed by atoms with E-state index in [0.717, 1.165) is 5.56 Å². The summed E-state index contributed by atoms with van der Waals surface area (Å²) in [6.07, 6.45) is 0.0291. The third-order valence-electron chi connectivity index (χ3n) is 2.29. The molecule has 15 heavy (non-hydrogen) atoms. The highest BCUT2D eigenvalue weighted by molar-refractivity contribution is 5.74. The number of ether oxygens (including phenoxy) is 2. The van der Waals surface area contributed by atoms with Crippen LogP contribution >= 0.6 is 0 Å². The smallest absolute Gasteiger partial charge is 0.335 e. The normalized spacial score (nSPS) is 12.2. The maximum absolute atomic E-state index is 11.3. The minimum absolute atomic E-state index is 0.335. The Balaban J connectivity index is 2.66. The zero-order valence-electron chi connectivity index (χ0n) is 9.32. The van der Waals surface area contributed by atoms with E-state index in [1.165, 1.54) is 19.8 Å². The van der Waals surface area contributed by atoms with Crippen LogP contribution in [0.25, 0.3) is 0 Å². The second-order valence-corrected chi connectivity index (χ2v) is 3.44. The molecule has 0 heterocycles. The third-order valence-corrected chi connectivity index (χ3v) is 2.29. The molecule has 0 N–H and O–H groups in total. The summed E-state index contributed by atoms with van der Waals surface area (Å²) in [7, 11) is 2.87. The minimum atomic E-state index is -0.516. The Morgan fingerprint density at radius 1 is 1.27 bits per heavy atom. The standard InChI is InChI=1S/C12H16O3/c1-9-4-6-10(7-5-9)8-11(14-2)12(13)15-3/h4-7,11H,8H2,1-3H3. The molecule has 0 amide bonds. The molecular weight excluding hydrogens is 192 g/mol. The number of aryl methyl sites for hydroxylation is 1. The van der Waals surface area contributed by atoms with E-state index in [9.17, 15) is 4.79 Å². The number of carbonyl (C=O) groups excluding carboxylic acids is 1. The molecule has 1 rings (SSSR count). The van der Waals surface area contributed by atoms with Crippen LogP contribution in [0.4, 0.5) is 0 Å². The van der Waals surface area contributed by atoms with Gasteiger partial charge in [0.2, 0.25) is 0 Å². The molecule has 0 bridgehead atoms. The SMILES string of the molecule is COC(=O)C(Cc1ccc(C)cc1)OC. The van der Waals surface area contributed by atoms with Gasteiger partial charge in [-0.15, -0.1) is 0 Å². The average molecular weight is 208 g/mol. The summed E-state index contributed by atoms with van der Waals surface area (Å²) in [5.74, 6) is -0.335. The van der Waals surface area contributed by atoms with Crippen LogP contribution in [0, 0.1) is 6.92 Å². The third kappa shape index (κ3) is 3.36. The first-order valence-electron chi connectivity index (χ1n) is 4.83.